The summed E-state index contributed by atoms with van der Waals surface area (Å²) in [6, 6.07) is 6.51. The Morgan fingerprint density at radius 1 is 0.955 bits per heavy atom. The van der Waals surface area contributed by atoms with Crippen molar-refractivity contribution < 1.29 is 4.79 Å². The van der Waals surface area contributed by atoms with Crippen LogP contribution in [0, 0.1) is 0 Å². The van der Waals surface area contributed by atoms with E-state index in [0.29, 0.717) is 23.3 Å². The molecule has 4 N–H and O–H groups in total. The maximum Gasteiger partial charge on any atom is 0.251 e. The summed E-state index contributed by atoms with van der Waals surface area (Å²) in [7, 11) is 0. The third-order valence-electron chi connectivity index (χ3n) is 4.69. The van der Waals surface area contributed by atoms with Crippen LogP contribution in [-0.2, 0) is 0 Å². The minimum Gasteiger partial charge on any atom is -0.397 e. The van der Waals surface area contributed by atoms with Crippen molar-refractivity contribution in [1.29, 1.82) is 0 Å². The van der Waals surface area contributed by atoms with Gasteiger partial charge in [0.05, 0.1) is 11.4 Å². The van der Waals surface area contributed by atoms with Crippen molar-refractivity contribution in [2.45, 2.75) is 69.9 Å². The number of nitrogens with one attached hydrogen (secondary N) is 2. The highest BCUT2D eigenvalue weighted by atomic mass is 16.1. The first-order valence-electron chi connectivity index (χ1n) is 8.69. The number of hydrogen-bond acceptors (Lipinski definition) is 3. The topological polar surface area (TPSA) is 67.2 Å². The van der Waals surface area contributed by atoms with Crippen molar-refractivity contribution >= 4 is 17.3 Å². The highest BCUT2D eigenvalue weighted by molar-refractivity contribution is 5.96. The molecule has 0 atom stereocenters. The van der Waals surface area contributed by atoms with Crippen LogP contribution in [-0.4, -0.2) is 18.0 Å². The summed E-state index contributed by atoms with van der Waals surface area (Å²) in [4.78, 5) is 12.0. The van der Waals surface area contributed by atoms with Crippen molar-refractivity contribution in [3.8, 4) is 0 Å². The second-order valence-corrected chi connectivity index (χ2v) is 6.74. The molecule has 0 saturated heterocycles. The molecule has 0 spiro atoms. The van der Waals surface area contributed by atoms with Gasteiger partial charge in [0.1, 0.15) is 0 Å². The smallest absolute Gasteiger partial charge is 0.251 e. The van der Waals surface area contributed by atoms with Gasteiger partial charge in [-0.15, -0.1) is 0 Å². The van der Waals surface area contributed by atoms with Crippen LogP contribution in [0.5, 0.6) is 0 Å². The van der Waals surface area contributed by atoms with E-state index in [0.717, 1.165) is 18.5 Å². The molecule has 0 aromatic heterocycles. The first kappa shape index (κ1) is 15.2. The lowest BCUT2D eigenvalue weighted by atomic mass is 9.96. The summed E-state index contributed by atoms with van der Waals surface area (Å²) < 4.78 is 0. The lowest BCUT2D eigenvalue weighted by molar-refractivity contribution is 0.0951. The highest BCUT2D eigenvalue weighted by Gasteiger charge is 2.24. The van der Waals surface area contributed by atoms with Crippen molar-refractivity contribution in [1.82, 2.24) is 5.32 Å². The molecule has 0 bridgehead atoms. The molecule has 3 rings (SSSR count). The van der Waals surface area contributed by atoms with Gasteiger partial charge in [0.25, 0.3) is 5.91 Å². The van der Waals surface area contributed by atoms with Gasteiger partial charge in [-0.25, -0.2) is 0 Å². The Morgan fingerprint density at radius 3 is 2.27 bits per heavy atom. The van der Waals surface area contributed by atoms with Gasteiger partial charge in [-0.1, -0.05) is 32.1 Å². The molecule has 2 fully saturated rings. The van der Waals surface area contributed by atoms with E-state index in [9.17, 15) is 4.79 Å². The van der Waals surface area contributed by atoms with Crippen molar-refractivity contribution in [3.63, 3.8) is 0 Å². The average Bonchev–Trinajstić information content (AvgIpc) is 3.27. The Labute approximate surface area is 132 Å². The summed E-state index contributed by atoms with van der Waals surface area (Å²) >= 11 is 0. The first-order chi connectivity index (χ1) is 10.7. The maximum atomic E-state index is 12.0. The minimum atomic E-state index is -0.00768. The lowest BCUT2D eigenvalue weighted by Crippen LogP contribution is -2.25. The number of carbonyl (C=O) groups excluding carboxylic acids is 1. The second-order valence-electron chi connectivity index (χ2n) is 6.74. The summed E-state index contributed by atoms with van der Waals surface area (Å²) in [5.74, 6) is -0.00768. The number of nitrogens with two attached hydrogens (primary N) is 1. The third-order valence-corrected chi connectivity index (χ3v) is 4.69. The van der Waals surface area contributed by atoms with E-state index >= 15 is 0 Å². The Bertz CT molecular complexity index is 517. The molecule has 4 nitrogen and oxygen atoms in total. The van der Waals surface area contributed by atoms with E-state index in [4.69, 9.17) is 5.73 Å². The fourth-order valence-corrected chi connectivity index (χ4v) is 3.15. The van der Waals surface area contributed by atoms with Crippen molar-refractivity contribution in [2.75, 3.05) is 11.1 Å². The molecular weight excluding hydrogens is 274 g/mol. The van der Waals surface area contributed by atoms with Crippen LogP contribution in [0.2, 0.25) is 0 Å². The van der Waals surface area contributed by atoms with E-state index in [1.165, 1.54) is 44.9 Å². The van der Waals surface area contributed by atoms with Gasteiger partial charge < -0.3 is 16.4 Å². The molecule has 4 heteroatoms. The normalized spacial score (nSPS) is 20.0. The van der Waals surface area contributed by atoms with Gasteiger partial charge in [0, 0.05) is 17.6 Å². The Morgan fingerprint density at radius 2 is 1.64 bits per heavy atom. The third kappa shape index (κ3) is 4.15. The summed E-state index contributed by atoms with van der Waals surface area (Å²) in [5.41, 5.74) is 8.45. The number of benzene rings is 1. The fourth-order valence-electron chi connectivity index (χ4n) is 3.15. The predicted octanol–water partition coefficient (Wildman–Crippen LogP) is 3.69. The minimum absolute atomic E-state index is 0.00768. The predicted molar refractivity (Wildman–Crippen MR) is 91.1 cm³/mol. The summed E-state index contributed by atoms with van der Waals surface area (Å²) in [6.07, 6.45) is 11.3. The van der Waals surface area contributed by atoms with E-state index in [2.05, 4.69) is 10.6 Å². The fraction of sp³-hybridized carbons (Fsp3) is 0.611. The van der Waals surface area contributed by atoms with Crippen LogP contribution < -0.4 is 16.4 Å². The van der Waals surface area contributed by atoms with E-state index < -0.39 is 0 Å². The van der Waals surface area contributed by atoms with Crippen molar-refractivity contribution in [2.24, 2.45) is 0 Å². The Kier molecular flexibility index (Phi) is 4.86. The Hall–Kier alpha value is -1.71. The number of rotatable bonds is 4. The lowest BCUT2D eigenvalue weighted by Gasteiger charge is -2.23. The molecule has 0 heterocycles. The largest absolute Gasteiger partial charge is 0.397 e. The molecule has 120 valence electrons. The molecule has 0 aliphatic heterocycles. The van der Waals surface area contributed by atoms with Crippen molar-refractivity contribution in [3.05, 3.63) is 23.8 Å². The van der Waals surface area contributed by atoms with Gasteiger partial charge in [-0.05, 0) is 43.9 Å². The quantitative estimate of drug-likeness (QED) is 0.743. The van der Waals surface area contributed by atoms with E-state index in [1.807, 2.05) is 12.1 Å². The first-order valence-corrected chi connectivity index (χ1v) is 8.69. The molecule has 1 amide bonds. The number of hydrogen-bond donors (Lipinski definition) is 3. The zero-order valence-corrected chi connectivity index (χ0v) is 13.2. The number of amides is 1. The van der Waals surface area contributed by atoms with Crippen LogP contribution in [0.3, 0.4) is 0 Å². The molecular formula is C18H27N3O. The summed E-state index contributed by atoms with van der Waals surface area (Å²) in [6.45, 7) is 0. The number of anilines is 2. The molecule has 2 aliphatic carbocycles. The van der Waals surface area contributed by atoms with Crippen LogP contribution in [0.25, 0.3) is 0 Å². The monoisotopic (exact) mass is 301 g/mol. The standard InChI is InChI=1S/C18H27N3O/c19-16-12-13(18(22)21-15-9-10-15)8-11-17(16)20-14-6-4-2-1-3-5-7-14/h8,11-12,14-15,20H,1-7,9-10,19H2,(H,21,22). The molecule has 0 radical (unpaired) electrons. The van der Waals surface area contributed by atoms with Crippen LogP contribution in [0.1, 0.15) is 68.1 Å². The van der Waals surface area contributed by atoms with Gasteiger partial charge in [-0.3, -0.25) is 4.79 Å². The highest BCUT2D eigenvalue weighted by Crippen LogP contribution is 2.26. The van der Waals surface area contributed by atoms with Gasteiger partial charge in [0.2, 0.25) is 0 Å². The molecule has 1 aromatic carbocycles. The number of carbonyl (C=O) groups is 1. The molecule has 1 aromatic rings. The van der Waals surface area contributed by atoms with Gasteiger partial charge in [-0.2, -0.15) is 0 Å². The zero-order valence-electron chi connectivity index (χ0n) is 13.2. The maximum absolute atomic E-state index is 12.0. The zero-order chi connectivity index (χ0) is 15.4. The summed E-state index contributed by atoms with van der Waals surface area (Å²) in [5, 5.41) is 6.58. The molecule has 22 heavy (non-hydrogen) atoms. The van der Waals surface area contributed by atoms with Crippen LogP contribution in [0.15, 0.2) is 18.2 Å². The molecule has 0 unspecified atom stereocenters. The van der Waals surface area contributed by atoms with E-state index in [1.54, 1.807) is 6.07 Å². The second kappa shape index (κ2) is 7.03. The average molecular weight is 301 g/mol. The molecule has 2 saturated carbocycles. The van der Waals surface area contributed by atoms with E-state index in [-0.39, 0.29) is 5.91 Å². The van der Waals surface area contributed by atoms with Gasteiger partial charge >= 0.3 is 0 Å². The Balaban J connectivity index is 1.61. The number of nitrogen functional groups attached to an aromatic ring is 1. The molecule has 2 aliphatic rings. The SMILES string of the molecule is Nc1cc(C(=O)NC2CC2)ccc1NC1CCCCCCC1. The van der Waals surface area contributed by atoms with Crippen LogP contribution >= 0.6 is 0 Å². The van der Waals surface area contributed by atoms with Gasteiger partial charge in [0.15, 0.2) is 0 Å². The van der Waals surface area contributed by atoms with Crippen LogP contribution in [0.4, 0.5) is 11.4 Å².